The Kier molecular flexibility index (Phi) is 3.23. The summed E-state index contributed by atoms with van der Waals surface area (Å²) < 4.78 is 5.34. The second-order valence-electron chi connectivity index (χ2n) is 3.86. The Hall–Kier alpha value is -0.650. The molecule has 0 amide bonds. The van der Waals surface area contributed by atoms with Crippen LogP contribution in [0.5, 0.6) is 0 Å². The summed E-state index contributed by atoms with van der Waals surface area (Å²) in [5.41, 5.74) is 0.751. The van der Waals surface area contributed by atoms with Crippen LogP contribution in [0, 0.1) is 0 Å². The second-order valence-corrected chi connectivity index (χ2v) is 4.70. The molecule has 1 saturated heterocycles. The number of likely N-dealkylation sites (N-methyl/N-ethyl adjacent to an activating group) is 1. The van der Waals surface area contributed by atoms with Crippen molar-refractivity contribution in [2.24, 2.45) is 0 Å². The third-order valence-corrected chi connectivity index (χ3v) is 3.64. The fraction of sp³-hybridized carbons (Fsp3) is 0.700. The SMILES string of the molecule is CC(O)c1csc(N(C)C2CCOC2)n1. The van der Waals surface area contributed by atoms with Gasteiger partial charge in [-0.2, -0.15) is 0 Å². The first-order valence-electron chi connectivity index (χ1n) is 5.12. The largest absolute Gasteiger partial charge is 0.387 e. The number of hydrogen-bond donors (Lipinski definition) is 1. The topological polar surface area (TPSA) is 45.6 Å². The van der Waals surface area contributed by atoms with E-state index in [1.165, 1.54) is 0 Å². The van der Waals surface area contributed by atoms with Gasteiger partial charge in [0, 0.05) is 19.0 Å². The molecule has 0 radical (unpaired) electrons. The van der Waals surface area contributed by atoms with Crippen LogP contribution >= 0.6 is 11.3 Å². The summed E-state index contributed by atoms with van der Waals surface area (Å²) in [5.74, 6) is 0. The van der Waals surface area contributed by atoms with Gasteiger partial charge in [0.15, 0.2) is 5.13 Å². The molecule has 0 aromatic carbocycles. The molecule has 2 heterocycles. The molecule has 2 rings (SSSR count). The summed E-state index contributed by atoms with van der Waals surface area (Å²) in [6, 6.07) is 0.429. The van der Waals surface area contributed by atoms with Crippen molar-refractivity contribution in [1.29, 1.82) is 0 Å². The van der Waals surface area contributed by atoms with Crippen molar-refractivity contribution in [2.45, 2.75) is 25.5 Å². The Morgan fingerprint density at radius 2 is 2.53 bits per heavy atom. The Bertz CT molecular complexity index is 321. The number of nitrogens with zero attached hydrogens (tertiary/aromatic N) is 2. The van der Waals surface area contributed by atoms with Crippen molar-refractivity contribution in [3.8, 4) is 0 Å². The molecule has 2 atom stereocenters. The number of aliphatic hydroxyl groups excluding tert-OH is 1. The lowest BCUT2D eigenvalue weighted by molar-refractivity contribution is 0.193. The van der Waals surface area contributed by atoms with Crippen molar-refractivity contribution < 1.29 is 9.84 Å². The average Bonchev–Trinajstić information content (AvgIpc) is 2.88. The van der Waals surface area contributed by atoms with E-state index in [0.29, 0.717) is 6.04 Å². The molecule has 2 unspecified atom stereocenters. The maximum atomic E-state index is 9.39. The Morgan fingerprint density at radius 3 is 3.07 bits per heavy atom. The van der Waals surface area contributed by atoms with E-state index in [-0.39, 0.29) is 0 Å². The Balaban J connectivity index is 2.07. The van der Waals surface area contributed by atoms with Crippen molar-refractivity contribution in [2.75, 3.05) is 25.2 Å². The van der Waals surface area contributed by atoms with Gasteiger partial charge in [0.05, 0.1) is 24.4 Å². The van der Waals surface area contributed by atoms with Crippen LogP contribution in [0.4, 0.5) is 5.13 Å². The Morgan fingerprint density at radius 1 is 1.73 bits per heavy atom. The first-order valence-corrected chi connectivity index (χ1v) is 6.00. The molecular formula is C10H16N2O2S. The molecule has 1 aliphatic heterocycles. The maximum Gasteiger partial charge on any atom is 0.185 e. The molecule has 1 N–H and O–H groups in total. The molecule has 1 aromatic rings. The molecule has 0 bridgehead atoms. The molecule has 0 spiro atoms. The quantitative estimate of drug-likeness (QED) is 0.850. The number of anilines is 1. The summed E-state index contributed by atoms with van der Waals surface area (Å²) in [7, 11) is 2.03. The van der Waals surface area contributed by atoms with Gasteiger partial charge in [0.25, 0.3) is 0 Å². The van der Waals surface area contributed by atoms with Crippen LogP contribution in [-0.4, -0.2) is 36.4 Å². The number of hydrogen-bond acceptors (Lipinski definition) is 5. The summed E-state index contributed by atoms with van der Waals surface area (Å²) >= 11 is 1.57. The van der Waals surface area contributed by atoms with Crippen molar-refractivity contribution in [3.63, 3.8) is 0 Å². The van der Waals surface area contributed by atoms with Crippen LogP contribution in [0.25, 0.3) is 0 Å². The van der Waals surface area contributed by atoms with Gasteiger partial charge in [0.2, 0.25) is 0 Å². The molecule has 5 heteroatoms. The number of thiazole rings is 1. The highest BCUT2D eigenvalue weighted by atomic mass is 32.1. The fourth-order valence-electron chi connectivity index (χ4n) is 1.61. The van der Waals surface area contributed by atoms with Gasteiger partial charge in [-0.3, -0.25) is 0 Å². The van der Waals surface area contributed by atoms with Crippen molar-refractivity contribution in [3.05, 3.63) is 11.1 Å². The monoisotopic (exact) mass is 228 g/mol. The third-order valence-electron chi connectivity index (χ3n) is 2.69. The number of ether oxygens (including phenoxy) is 1. The van der Waals surface area contributed by atoms with E-state index in [2.05, 4.69) is 9.88 Å². The van der Waals surface area contributed by atoms with Crippen molar-refractivity contribution >= 4 is 16.5 Å². The average molecular weight is 228 g/mol. The smallest absolute Gasteiger partial charge is 0.185 e. The fourth-order valence-corrected chi connectivity index (χ4v) is 2.56. The molecule has 0 saturated carbocycles. The molecule has 1 aliphatic rings. The highest BCUT2D eigenvalue weighted by Crippen LogP contribution is 2.26. The van der Waals surface area contributed by atoms with Crippen LogP contribution in [0.2, 0.25) is 0 Å². The number of rotatable bonds is 3. The first kappa shape index (κ1) is 10.9. The zero-order valence-electron chi connectivity index (χ0n) is 9.01. The Labute approximate surface area is 93.5 Å². The molecular weight excluding hydrogens is 212 g/mol. The first-order chi connectivity index (χ1) is 7.18. The maximum absolute atomic E-state index is 9.39. The normalized spacial score (nSPS) is 23.0. The van der Waals surface area contributed by atoms with E-state index >= 15 is 0 Å². The van der Waals surface area contributed by atoms with Gasteiger partial charge in [-0.05, 0) is 13.3 Å². The molecule has 4 nitrogen and oxygen atoms in total. The minimum atomic E-state index is -0.483. The molecule has 0 aliphatic carbocycles. The zero-order chi connectivity index (χ0) is 10.8. The minimum Gasteiger partial charge on any atom is -0.387 e. The van der Waals surface area contributed by atoms with E-state index in [1.807, 2.05) is 12.4 Å². The van der Waals surface area contributed by atoms with E-state index in [0.717, 1.165) is 30.5 Å². The lowest BCUT2D eigenvalue weighted by atomic mass is 10.2. The highest BCUT2D eigenvalue weighted by Gasteiger charge is 2.22. The van der Waals surface area contributed by atoms with E-state index < -0.39 is 6.10 Å². The summed E-state index contributed by atoms with van der Waals surface area (Å²) in [6.07, 6.45) is 0.573. The van der Waals surface area contributed by atoms with E-state index in [9.17, 15) is 5.11 Å². The van der Waals surface area contributed by atoms with Gasteiger partial charge in [-0.25, -0.2) is 4.98 Å². The van der Waals surface area contributed by atoms with Crippen LogP contribution in [0.15, 0.2) is 5.38 Å². The number of aromatic nitrogens is 1. The summed E-state index contributed by atoms with van der Waals surface area (Å²) in [6.45, 7) is 3.35. The molecule has 15 heavy (non-hydrogen) atoms. The summed E-state index contributed by atoms with van der Waals surface area (Å²) in [4.78, 5) is 6.54. The zero-order valence-corrected chi connectivity index (χ0v) is 9.83. The molecule has 1 aromatic heterocycles. The van der Waals surface area contributed by atoms with Crippen LogP contribution in [-0.2, 0) is 4.74 Å². The lowest BCUT2D eigenvalue weighted by Crippen LogP contribution is -2.31. The van der Waals surface area contributed by atoms with Gasteiger partial charge in [-0.15, -0.1) is 11.3 Å². The third kappa shape index (κ3) is 2.30. The lowest BCUT2D eigenvalue weighted by Gasteiger charge is -2.21. The molecule has 84 valence electrons. The predicted molar refractivity (Wildman–Crippen MR) is 60.4 cm³/mol. The minimum absolute atomic E-state index is 0.429. The highest BCUT2D eigenvalue weighted by molar-refractivity contribution is 7.13. The van der Waals surface area contributed by atoms with Gasteiger partial charge >= 0.3 is 0 Å². The van der Waals surface area contributed by atoms with Crippen molar-refractivity contribution in [1.82, 2.24) is 4.98 Å². The predicted octanol–water partition coefficient (Wildman–Crippen LogP) is 1.42. The summed E-state index contributed by atoms with van der Waals surface area (Å²) in [5, 5.41) is 12.3. The van der Waals surface area contributed by atoms with Crippen LogP contribution in [0.3, 0.4) is 0 Å². The van der Waals surface area contributed by atoms with Crippen LogP contribution < -0.4 is 4.90 Å². The second kappa shape index (κ2) is 4.47. The van der Waals surface area contributed by atoms with Gasteiger partial charge in [-0.1, -0.05) is 0 Å². The van der Waals surface area contributed by atoms with Gasteiger partial charge < -0.3 is 14.7 Å². The molecule has 1 fully saturated rings. The van der Waals surface area contributed by atoms with E-state index in [4.69, 9.17) is 4.74 Å². The van der Waals surface area contributed by atoms with Crippen LogP contribution in [0.1, 0.15) is 25.1 Å². The standard InChI is InChI=1S/C10H16N2O2S/c1-7(13)9-6-15-10(11-9)12(2)8-3-4-14-5-8/h6-8,13H,3-5H2,1-2H3. The number of aliphatic hydroxyl groups is 1. The van der Waals surface area contributed by atoms with E-state index in [1.54, 1.807) is 18.3 Å². The van der Waals surface area contributed by atoms with Gasteiger partial charge in [0.1, 0.15) is 0 Å².